The lowest BCUT2D eigenvalue weighted by Gasteiger charge is -2.05. The summed E-state index contributed by atoms with van der Waals surface area (Å²) < 4.78 is 84.1. The van der Waals surface area contributed by atoms with E-state index < -0.39 is 39.1 Å². The molecule has 0 bridgehead atoms. The number of carbonyl (C=O) groups is 1. The van der Waals surface area contributed by atoms with Crippen LogP contribution in [0.5, 0.6) is 0 Å². The number of aliphatic carboxylic acids is 1. The lowest BCUT2D eigenvalue weighted by molar-refractivity contribution is -0.135. The highest BCUT2D eigenvalue weighted by atomic mass is 32.2. The SMILES string of the molecule is [2H]/C(=C1\C(C)=C(C([2H])([2H])C(=O)O)c2cc(F)ccc21)c1ccc(S(=O)(=O)C([2H])([2H])[2H])cc1. The Balaban J connectivity index is 2.23. The van der Waals surface area contributed by atoms with Gasteiger partial charge in [0.15, 0.2) is 9.84 Å². The third-order valence-electron chi connectivity index (χ3n) is 3.94. The van der Waals surface area contributed by atoms with Gasteiger partial charge in [0.05, 0.1) is 12.6 Å². The summed E-state index contributed by atoms with van der Waals surface area (Å²) in [5.74, 6) is -2.48. The Hall–Kier alpha value is -2.73. The Labute approximate surface area is 159 Å². The van der Waals surface area contributed by atoms with Crippen LogP contribution in [-0.2, 0) is 14.6 Å². The molecule has 1 N–H and O–H groups in total. The number of fused-ring (bicyclic) bond motifs is 1. The van der Waals surface area contributed by atoms with Gasteiger partial charge in [0.1, 0.15) is 5.82 Å². The standard InChI is InChI=1S/C20H17FO4S/c1-12-17(9-13-3-6-15(7-4-13)26(2,24)25)16-8-5-14(21)10-19(16)18(12)11-20(22)23/h3-10H,11H2,1-2H3,(H,22,23)/b17-9-/i2D3,9D,11D2. The molecule has 0 saturated carbocycles. The highest BCUT2D eigenvalue weighted by Gasteiger charge is 2.25. The molecule has 1 aliphatic rings. The number of hydrogen-bond acceptors (Lipinski definition) is 3. The van der Waals surface area contributed by atoms with E-state index in [-0.39, 0.29) is 39.5 Å². The van der Waals surface area contributed by atoms with E-state index in [4.69, 9.17) is 8.22 Å². The Morgan fingerprint density at radius 2 is 1.96 bits per heavy atom. The molecule has 0 atom stereocenters. The van der Waals surface area contributed by atoms with Gasteiger partial charge in [0.25, 0.3) is 0 Å². The highest BCUT2D eigenvalue weighted by molar-refractivity contribution is 7.90. The Morgan fingerprint density at radius 1 is 1.27 bits per heavy atom. The topological polar surface area (TPSA) is 71.4 Å². The van der Waals surface area contributed by atoms with Crippen molar-refractivity contribution in [3.05, 3.63) is 70.5 Å². The van der Waals surface area contributed by atoms with Gasteiger partial charge in [-0.2, -0.15) is 0 Å². The smallest absolute Gasteiger partial charge is 0.307 e. The number of carboxylic acids is 1. The summed E-state index contributed by atoms with van der Waals surface area (Å²) in [5, 5.41) is 9.36. The number of sulfone groups is 1. The first-order chi connectivity index (χ1) is 14.6. The van der Waals surface area contributed by atoms with E-state index in [0.717, 1.165) is 24.3 Å². The lowest BCUT2D eigenvalue weighted by Crippen LogP contribution is -1.97. The summed E-state index contributed by atoms with van der Waals surface area (Å²) in [7, 11) is -4.58. The van der Waals surface area contributed by atoms with Crippen LogP contribution in [0.25, 0.3) is 17.2 Å². The van der Waals surface area contributed by atoms with Crippen molar-refractivity contribution in [2.45, 2.75) is 18.2 Å². The van der Waals surface area contributed by atoms with Crippen LogP contribution in [0.1, 0.15) is 38.2 Å². The average molecular weight is 378 g/mol. The molecular formula is C20H17FO4S. The summed E-state index contributed by atoms with van der Waals surface area (Å²) >= 11 is 0. The molecule has 2 aromatic rings. The van der Waals surface area contributed by atoms with Gasteiger partial charge < -0.3 is 5.11 Å². The fourth-order valence-corrected chi connectivity index (χ4v) is 3.26. The molecule has 0 fully saturated rings. The van der Waals surface area contributed by atoms with Crippen molar-refractivity contribution in [1.82, 2.24) is 0 Å². The second-order valence-corrected chi connectivity index (χ2v) is 7.13. The van der Waals surface area contributed by atoms with Crippen molar-refractivity contribution in [1.29, 1.82) is 0 Å². The first-order valence-corrected chi connectivity index (χ1v) is 8.90. The largest absolute Gasteiger partial charge is 0.481 e. The number of carboxylic acid groups (broad SMARTS) is 1. The molecule has 0 amide bonds. The molecule has 134 valence electrons. The maximum absolute atomic E-state index is 13.9. The van der Waals surface area contributed by atoms with Crippen LogP contribution in [0.4, 0.5) is 4.39 Å². The number of halogens is 1. The predicted molar refractivity (Wildman–Crippen MR) is 98.7 cm³/mol. The Bertz CT molecular complexity index is 1290. The minimum atomic E-state index is -4.58. The molecule has 0 saturated heterocycles. The van der Waals surface area contributed by atoms with E-state index >= 15 is 0 Å². The molecule has 0 aromatic heterocycles. The molecule has 0 aliphatic heterocycles. The van der Waals surface area contributed by atoms with Crippen molar-refractivity contribution >= 4 is 33.0 Å². The molecule has 2 aromatic carbocycles. The molecule has 0 unspecified atom stereocenters. The third-order valence-corrected chi connectivity index (χ3v) is 4.83. The van der Waals surface area contributed by atoms with Crippen LogP contribution in [0.3, 0.4) is 0 Å². The van der Waals surface area contributed by atoms with Crippen LogP contribution < -0.4 is 0 Å². The van der Waals surface area contributed by atoms with E-state index in [1.807, 2.05) is 0 Å². The predicted octanol–water partition coefficient (Wildman–Crippen LogP) is 4.03. The zero-order chi connectivity index (χ0) is 24.2. The van der Waals surface area contributed by atoms with Crippen molar-refractivity contribution in [3.63, 3.8) is 0 Å². The Kier molecular flexibility index (Phi) is 2.97. The average Bonchev–Trinajstić information content (AvgIpc) is 2.97. The molecule has 26 heavy (non-hydrogen) atoms. The number of rotatable bonds is 4. The van der Waals surface area contributed by atoms with E-state index in [1.54, 1.807) is 0 Å². The van der Waals surface area contributed by atoms with Gasteiger partial charge in [-0.3, -0.25) is 4.79 Å². The van der Waals surface area contributed by atoms with Crippen LogP contribution in [0, 0.1) is 5.82 Å². The van der Waals surface area contributed by atoms with Gasteiger partial charge in [-0.05, 0) is 70.7 Å². The fourth-order valence-electron chi connectivity index (χ4n) is 2.76. The maximum atomic E-state index is 13.9. The molecule has 0 heterocycles. The maximum Gasteiger partial charge on any atom is 0.307 e. The monoisotopic (exact) mass is 378 g/mol. The zero-order valence-corrected chi connectivity index (χ0v) is 14.3. The molecule has 6 heteroatoms. The van der Waals surface area contributed by atoms with E-state index in [2.05, 4.69) is 0 Å². The quantitative estimate of drug-likeness (QED) is 0.872. The number of benzene rings is 2. The van der Waals surface area contributed by atoms with Gasteiger partial charge in [0.2, 0.25) is 0 Å². The first-order valence-electron chi connectivity index (χ1n) is 10.4. The van der Waals surface area contributed by atoms with Gasteiger partial charge >= 0.3 is 5.97 Å². The minimum absolute atomic E-state index is 0.0104. The molecule has 3 rings (SSSR count). The minimum Gasteiger partial charge on any atom is -0.481 e. The second-order valence-electron chi connectivity index (χ2n) is 5.65. The van der Waals surface area contributed by atoms with Crippen molar-refractivity contribution < 1.29 is 30.9 Å². The highest BCUT2D eigenvalue weighted by Crippen LogP contribution is 2.43. The third kappa shape index (κ3) is 3.46. The van der Waals surface area contributed by atoms with Gasteiger partial charge in [0, 0.05) is 13.0 Å². The number of allylic oxidation sites excluding steroid dienone is 2. The van der Waals surface area contributed by atoms with Gasteiger partial charge in [-0.1, -0.05) is 18.2 Å². The van der Waals surface area contributed by atoms with E-state index in [9.17, 15) is 22.7 Å². The summed E-state index contributed by atoms with van der Waals surface area (Å²) in [4.78, 5) is 11.1. The first kappa shape index (κ1) is 11.8. The summed E-state index contributed by atoms with van der Waals surface area (Å²) in [6.45, 7) is 1.42. The second kappa shape index (κ2) is 6.53. The van der Waals surface area contributed by atoms with Crippen LogP contribution in [0.2, 0.25) is 0 Å². The van der Waals surface area contributed by atoms with Crippen molar-refractivity contribution in [2.24, 2.45) is 0 Å². The Morgan fingerprint density at radius 3 is 2.58 bits per heavy atom. The summed E-state index contributed by atoms with van der Waals surface area (Å²) in [5.41, 5.74) is 0.454. The molecule has 0 radical (unpaired) electrons. The molecular weight excluding hydrogens is 355 g/mol. The van der Waals surface area contributed by atoms with Gasteiger partial charge in [-0.15, -0.1) is 0 Å². The number of hydrogen-bond donors (Lipinski definition) is 1. The van der Waals surface area contributed by atoms with Crippen LogP contribution >= 0.6 is 0 Å². The van der Waals surface area contributed by atoms with Gasteiger partial charge in [-0.25, -0.2) is 12.8 Å². The van der Waals surface area contributed by atoms with E-state index in [0.29, 0.717) is 0 Å². The van der Waals surface area contributed by atoms with E-state index in [1.165, 1.54) is 25.1 Å². The van der Waals surface area contributed by atoms with Crippen molar-refractivity contribution in [2.75, 3.05) is 6.18 Å². The van der Waals surface area contributed by atoms with Crippen LogP contribution in [0.15, 0.2) is 52.9 Å². The summed E-state index contributed by atoms with van der Waals surface area (Å²) in [6.07, 6.45) is -6.10. The lowest BCUT2D eigenvalue weighted by atomic mass is 10.0. The van der Waals surface area contributed by atoms with Crippen LogP contribution in [-0.4, -0.2) is 25.7 Å². The zero-order valence-electron chi connectivity index (χ0n) is 19.5. The molecule has 0 spiro atoms. The summed E-state index contributed by atoms with van der Waals surface area (Å²) in [6, 6.07) is 7.78. The fraction of sp³-hybridized carbons (Fsp3) is 0.150. The van der Waals surface area contributed by atoms with Crippen molar-refractivity contribution in [3.8, 4) is 0 Å². The normalized spacial score (nSPS) is 20.2. The molecule has 1 aliphatic carbocycles. The molecule has 4 nitrogen and oxygen atoms in total.